The van der Waals surface area contributed by atoms with E-state index in [1.807, 2.05) is 0 Å². The first kappa shape index (κ1) is 16.7. The molecular weight excluding hydrogens is 283 g/mol. The van der Waals surface area contributed by atoms with E-state index >= 15 is 0 Å². The first-order chi connectivity index (χ1) is 7.76. The maximum absolute atomic E-state index is 12.5. The zero-order valence-corrected chi connectivity index (χ0v) is 9.91. The van der Waals surface area contributed by atoms with Crippen molar-refractivity contribution in [3.8, 4) is 5.88 Å². The number of nitrogens with zero attached hydrogens (tertiary/aromatic N) is 1. The average Bonchev–Trinajstić information content (AvgIpc) is 2.25. The fraction of sp³-hybridized carbons (Fsp3) is 0.444. The molecule has 0 bridgehead atoms. The third-order valence-electron chi connectivity index (χ3n) is 1.84. The maximum Gasteiger partial charge on any atom is 0.456 e. The number of hydrogen-bond acceptors (Lipinski definition) is 3. The Bertz CT molecular complexity index is 368. The van der Waals surface area contributed by atoms with Gasteiger partial charge in [-0.2, -0.15) is 22.0 Å². The Morgan fingerprint density at radius 2 is 1.83 bits per heavy atom. The molecule has 1 rings (SSSR count). The van der Waals surface area contributed by atoms with Crippen LogP contribution in [-0.2, 0) is 0 Å². The van der Waals surface area contributed by atoms with Crippen LogP contribution in [0.1, 0.15) is 0 Å². The van der Waals surface area contributed by atoms with Crippen molar-refractivity contribution in [3.05, 3.63) is 18.3 Å². The third kappa shape index (κ3) is 4.17. The van der Waals surface area contributed by atoms with E-state index in [0.717, 1.165) is 0 Å². The van der Waals surface area contributed by atoms with E-state index in [4.69, 9.17) is 0 Å². The van der Waals surface area contributed by atoms with Crippen molar-refractivity contribution < 1.29 is 26.7 Å². The molecule has 0 unspecified atom stereocenters. The summed E-state index contributed by atoms with van der Waals surface area (Å²) in [4.78, 5) is 3.55. The Kier molecular flexibility index (Phi) is 5.59. The lowest BCUT2D eigenvalue weighted by Gasteiger charge is -2.19. The van der Waals surface area contributed by atoms with Crippen LogP contribution in [0.2, 0.25) is 0 Å². The van der Waals surface area contributed by atoms with Crippen LogP contribution in [-0.4, -0.2) is 30.7 Å². The molecule has 3 nitrogen and oxygen atoms in total. The fourth-order valence-corrected chi connectivity index (χ4v) is 0.860. The predicted molar refractivity (Wildman–Crippen MR) is 57.5 cm³/mol. The van der Waals surface area contributed by atoms with Crippen molar-refractivity contribution in [2.75, 3.05) is 19.0 Å². The summed E-state index contributed by atoms with van der Waals surface area (Å²) in [5.41, 5.74) is 0.583. The van der Waals surface area contributed by atoms with Gasteiger partial charge in [0.25, 0.3) is 0 Å². The summed E-state index contributed by atoms with van der Waals surface area (Å²) in [5, 5.41) is 2.70. The van der Waals surface area contributed by atoms with Gasteiger partial charge < -0.3 is 10.1 Å². The highest BCUT2D eigenvalue weighted by Crippen LogP contribution is 2.35. The highest BCUT2D eigenvalue weighted by Gasteiger charge is 2.58. The van der Waals surface area contributed by atoms with Crippen molar-refractivity contribution in [2.24, 2.45) is 0 Å². The molecule has 104 valence electrons. The van der Waals surface area contributed by atoms with Crippen LogP contribution < -0.4 is 10.1 Å². The number of pyridine rings is 1. The number of halogens is 6. The largest absolute Gasteiger partial charge is 0.471 e. The molecule has 1 aromatic heterocycles. The summed E-state index contributed by atoms with van der Waals surface area (Å²) < 4.78 is 64.6. The molecule has 0 saturated carbocycles. The van der Waals surface area contributed by atoms with Crippen molar-refractivity contribution in [2.45, 2.75) is 12.1 Å². The maximum atomic E-state index is 12.5. The van der Waals surface area contributed by atoms with Gasteiger partial charge in [0.2, 0.25) is 5.88 Å². The fourth-order valence-electron chi connectivity index (χ4n) is 0.860. The predicted octanol–water partition coefficient (Wildman–Crippen LogP) is 3.12. The molecule has 18 heavy (non-hydrogen) atoms. The molecule has 0 atom stereocenters. The quantitative estimate of drug-likeness (QED) is 0.866. The molecule has 1 N–H and O–H groups in total. The zero-order chi connectivity index (χ0) is 13.1. The molecule has 0 aliphatic rings. The highest BCUT2D eigenvalue weighted by molar-refractivity contribution is 5.85. The van der Waals surface area contributed by atoms with E-state index < -0.39 is 18.7 Å². The molecule has 1 aromatic rings. The molecule has 0 spiro atoms. The second-order valence-corrected chi connectivity index (χ2v) is 3.13. The number of anilines is 1. The summed E-state index contributed by atoms with van der Waals surface area (Å²) in [6.45, 7) is -1.79. The van der Waals surface area contributed by atoms with Gasteiger partial charge in [0, 0.05) is 13.1 Å². The smallest absolute Gasteiger partial charge is 0.456 e. The van der Waals surface area contributed by atoms with Crippen molar-refractivity contribution in [1.82, 2.24) is 4.98 Å². The molecule has 0 aromatic carbocycles. The van der Waals surface area contributed by atoms with Crippen LogP contribution in [0, 0.1) is 0 Å². The molecule has 1 heterocycles. The zero-order valence-electron chi connectivity index (χ0n) is 9.09. The number of nitrogens with one attached hydrogen (secondary N) is 1. The topological polar surface area (TPSA) is 34.1 Å². The minimum absolute atomic E-state index is 0. The van der Waals surface area contributed by atoms with Crippen LogP contribution >= 0.6 is 12.4 Å². The van der Waals surface area contributed by atoms with Gasteiger partial charge >= 0.3 is 12.1 Å². The molecule has 0 fully saturated rings. The molecular formula is C9H10ClF5N2O. The first-order valence-electron chi connectivity index (χ1n) is 4.47. The summed E-state index contributed by atoms with van der Waals surface area (Å²) >= 11 is 0. The number of ether oxygens (including phenoxy) is 1. The van der Waals surface area contributed by atoms with E-state index in [2.05, 4.69) is 15.0 Å². The Balaban J connectivity index is 0.00000289. The number of aromatic nitrogens is 1. The second kappa shape index (κ2) is 6.03. The van der Waals surface area contributed by atoms with Gasteiger partial charge in [0.1, 0.15) is 0 Å². The summed E-state index contributed by atoms with van der Waals surface area (Å²) in [6.07, 6.45) is -4.38. The van der Waals surface area contributed by atoms with E-state index in [9.17, 15) is 22.0 Å². The normalized spacial score (nSPS) is 11.7. The summed E-state index contributed by atoms with van der Waals surface area (Å²) in [5.74, 6) is -5.19. The molecule has 0 saturated heterocycles. The molecule has 0 aliphatic heterocycles. The van der Waals surface area contributed by atoms with Crippen LogP contribution in [0.5, 0.6) is 5.88 Å². The highest BCUT2D eigenvalue weighted by atomic mass is 35.5. The third-order valence-corrected chi connectivity index (χ3v) is 1.84. The van der Waals surface area contributed by atoms with E-state index in [0.29, 0.717) is 5.69 Å². The van der Waals surface area contributed by atoms with Gasteiger partial charge in [0.05, 0.1) is 11.9 Å². The first-order valence-corrected chi connectivity index (χ1v) is 4.47. The minimum atomic E-state index is -5.63. The number of alkyl halides is 5. The van der Waals surface area contributed by atoms with Crippen molar-refractivity contribution in [3.63, 3.8) is 0 Å². The SMILES string of the molecule is CNc1ccc(OCC(F)(F)C(F)(F)F)nc1.Cl. The minimum Gasteiger partial charge on any atom is -0.471 e. The van der Waals surface area contributed by atoms with Crippen LogP contribution in [0.15, 0.2) is 18.3 Å². The summed E-state index contributed by atoms with van der Waals surface area (Å²) in [7, 11) is 1.61. The Hall–Kier alpha value is -1.31. The van der Waals surface area contributed by atoms with Crippen LogP contribution in [0.25, 0.3) is 0 Å². The molecule has 9 heteroatoms. The molecule has 0 aliphatic carbocycles. The lowest BCUT2D eigenvalue weighted by atomic mass is 10.3. The van der Waals surface area contributed by atoms with Gasteiger partial charge in [-0.15, -0.1) is 12.4 Å². The van der Waals surface area contributed by atoms with Crippen LogP contribution in [0.3, 0.4) is 0 Å². The van der Waals surface area contributed by atoms with Gasteiger partial charge in [-0.3, -0.25) is 0 Å². The van der Waals surface area contributed by atoms with Gasteiger partial charge in [-0.25, -0.2) is 4.98 Å². The molecule has 0 amide bonds. The van der Waals surface area contributed by atoms with Crippen LogP contribution in [0.4, 0.5) is 27.6 Å². The molecule has 0 radical (unpaired) electrons. The number of hydrogen-bond donors (Lipinski definition) is 1. The standard InChI is InChI=1S/C9H9F5N2O.ClH/c1-15-6-2-3-7(16-4-6)17-5-8(10,11)9(12,13)14;/h2-4,15H,5H2,1H3;1H. The lowest BCUT2D eigenvalue weighted by molar-refractivity contribution is -0.290. The number of rotatable bonds is 4. The monoisotopic (exact) mass is 292 g/mol. The summed E-state index contributed by atoms with van der Waals surface area (Å²) in [6, 6.07) is 2.63. The van der Waals surface area contributed by atoms with Gasteiger partial charge in [0.15, 0.2) is 6.61 Å². The van der Waals surface area contributed by atoms with Gasteiger partial charge in [-0.1, -0.05) is 0 Å². The Labute approximate surface area is 106 Å². The Morgan fingerprint density at radius 3 is 2.22 bits per heavy atom. The van der Waals surface area contributed by atoms with E-state index in [1.54, 1.807) is 7.05 Å². The van der Waals surface area contributed by atoms with E-state index in [-0.39, 0.29) is 18.3 Å². The average molecular weight is 293 g/mol. The lowest BCUT2D eigenvalue weighted by Crippen LogP contribution is -2.41. The van der Waals surface area contributed by atoms with Crippen molar-refractivity contribution in [1.29, 1.82) is 0 Å². The van der Waals surface area contributed by atoms with Crippen molar-refractivity contribution >= 4 is 18.1 Å². The van der Waals surface area contributed by atoms with Gasteiger partial charge in [-0.05, 0) is 6.07 Å². The second-order valence-electron chi connectivity index (χ2n) is 3.13. The van der Waals surface area contributed by atoms with E-state index in [1.165, 1.54) is 18.3 Å². The Morgan fingerprint density at radius 1 is 1.22 bits per heavy atom.